The predicted molar refractivity (Wildman–Crippen MR) is 55.8 cm³/mol. The van der Waals surface area contributed by atoms with E-state index < -0.39 is 0 Å². The van der Waals surface area contributed by atoms with Gasteiger partial charge in [0.05, 0.1) is 0 Å². The topological polar surface area (TPSA) is 29.1 Å². The van der Waals surface area contributed by atoms with Crippen LogP contribution in [0.2, 0.25) is 0 Å². The summed E-state index contributed by atoms with van der Waals surface area (Å²) in [7, 11) is 1.32. The average molecular weight is 193 g/mol. The molecule has 0 radical (unpaired) electrons. The number of aryl methyl sites for hydroxylation is 2. The van der Waals surface area contributed by atoms with Crippen LogP contribution in [0.4, 0.5) is 0 Å². The van der Waals surface area contributed by atoms with Crippen molar-refractivity contribution in [2.45, 2.75) is 12.8 Å². The molecule has 0 aliphatic rings. The molecule has 0 saturated carbocycles. The molecular weight excluding hydrogens is 178 g/mol. The smallest absolute Gasteiger partial charge is 0.220 e. The maximum Gasteiger partial charge on any atom is 0.220 e. The second kappa shape index (κ2) is 4.92. The van der Waals surface area contributed by atoms with Crippen molar-refractivity contribution in [1.82, 2.24) is 5.32 Å². The summed E-state index contributed by atoms with van der Waals surface area (Å²) in [6.45, 7) is 2.24. The van der Waals surface area contributed by atoms with E-state index in [9.17, 15) is 4.79 Å². The van der Waals surface area contributed by atoms with Gasteiger partial charge in [-0.1, -0.05) is 30.0 Å². The number of carbonyl (C=O) groups is 1. The highest BCUT2D eigenvalue weighted by Gasteiger charge is 1.98. The van der Waals surface area contributed by atoms with Gasteiger partial charge in [-0.3, -0.25) is 4.79 Å². The molecule has 70 valence electrons. The third-order valence-corrected chi connectivity index (χ3v) is 3.43. The van der Waals surface area contributed by atoms with Gasteiger partial charge in [0.1, 0.15) is 0 Å². The first-order valence-corrected chi connectivity index (χ1v) is 6.64. The maximum atomic E-state index is 11.0. The molecule has 1 N–H and O–H groups in total. The lowest BCUT2D eigenvalue weighted by atomic mass is 10.1. The summed E-state index contributed by atoms with van der Waals surface area (Å²) >= 11 is 0. The van der Waals surface area contributed by atoms with Gasteiger partial charge in [-0.2, -0.15) is 0 Å². The molecule has 0 aliphatic heterocycles. The third-order valence-electron chi connectivity index (χ3n) is 2.04. The fourth-order valence-electron chi connectivity index (χ4n) is 1.14. The number of hydrogen-bond acceptors (Lipinski definition) is 1. The number of nitrogens with one attached hydrogen (secondary N) is 1. The number of amides is 1. The third kappa shape index (κ3) is 3.50. The molecule has 0 spiro atoms. The van der Waals surface area contributed by atoms with Gasteiger partial charge in [0.2, 0.25) is 5.91 Å². The van der Waals surface area contributed by atoms with Crippen LogP contribution in [0.3, 0.4) is 0 Å². The second-order valence-electron chi connectivity index (χ2n) is 3.16. The van der Waals surface area contributed by atoms with Crippen LogP contribution in [-0.4, -0.2) is 21.4 Å². The molecule has 1 heterocycles. The highest BCUT2D eigenvalue weighted by Crippen LogP contribution is 2.01. The van der Waals surface area contributed by atoms with Crippen LogP contribution in [0.5, 0.6) is 0 Å². The molecule has 0 aliphatic carbocycles. The molecule has 0 aromatic carbocycles. The first kappa shape index (κ1) is 10.1. The standard InChI is InChI=1S/C10H15NOSi/c1-11-10(12)4-3-9-5-7-13(2)8-6-9/h5-8H,3-4H2,1-2H3,(H,11,12). The Bertz CT molecular complexity index is 281. The van der Waals surface area contributed by atoms with Gasteiger partial charge in [-0.05, 0) is 12.0 Å². The Hall–Kier alpha value is -0.963. The molecule has 1 aromatic heterocycles. The van der Waals surface area contributed by atoms with Gasteiger partial charge >= 0.3 is 0 Å². The molecule has 3 heteroatoms. The second-order valence-corrected chi connectivity index (χ2v) is 5.31. The predicted octanol–water partition coefficient (Wildman–Crippen LogP) is 0.928. The van der Waals surface area contributed by atoms with E-state index in [-0.39, 0.29) is 14.3 Å². The summed E-state index contributed by atoms with van der Waals surface area (Å²) in [5, 5.41) is 2.62. The normalized spacial score (nSPS) is 9.69. The zero-order valence-electron chi connectivity index (χ0n) is 8.13. The molecular formula is C10H15NOSi. The van der Waals surface area contributed by atoms with Gasteiger partial charge in [0.15, 0.2) is 0 Å². The Morgan fingerprint density at radius 2 is 2.08 bits per heavy atom. The SMILES string of the molecule is CNC(=O)CCc1cc[si](C)cc1. The molecule has 1 rings (SSSR count). The Labute approximate surface area is 80.5 Å². The lowest BCUT2D eigenvalue weighted by molar-refractivity contribution is -0.120. The molecule has 0 bridgehead atoms. The minimum atomic E-state index is -0.351. The zero-order chi connectivity index (χ0) is 9.68. The highest BCUT2D eigenvalue weighted by atomic mass is 28.2. The lowest BCUT2D eigenvalue weighted by Gasteiger charge is -2.00. The van der Waals surface area contributed by atoms with Gasteiger partial charge in [0.25, 0.3) is 0 Å². The summed E-state index contributed by atoms with van der Waals surface area (Å²) in [4.78, 5) is 11.0. The van der Waals surface area contributed by atoms with E-state index in [2.05, 4.69) is 35.4 Å². The van der Waals surface area contributed by atoms with Crippen molar-refractivity contribution >= 4 is 14.3 Å². The Kier molecular flexibility index (Phi) is 3.83. The van der Waals surface area contributed by atoms with Crippen LogP contribution in [-0.2, 0) is 17.8 Å². The van der Waals surface area contributed by atoms with E-state index >= 15 is 0 Å². The number of hydrogen-bond donors (Lipinski definition) is 1. The van der Waals surface area contributed by atoms with E-state index in [4.69, 9.17) is 0 Å². The molecule has 1 amide bonds. The van der Waals surface area contributed by atoms with Gasteiger partial charge in [0, 0.05) is 21.9 Å². The van der Waals surface area contributed by atoms with Crippen molar-refractivity contribution in [3.05, 3.63) is 29.1 Å². The molecule has 1 aromatic rings. The summed E-state index contributed by atoms with van der Waals surface area (Å²) in [6.07, 6.45) is 1.44. The highest BCUT2D eigenvalue weighted by molar-refractivity contribution is 6.47. The van der Waals surface area contributed by atoms with Gasteiger partial charge < -0.3 is 5.32 Å². The van der Waals surface area contributed by atoms with Crippen LogP contribution in [0.15, 0.2) is 23.5 Å². The summed E-state index contributed by atoms with van der Waals surface area (Å²) in [6, 6.07) is 4.30. The molecule has 13 heavy (non-hydrogen) atoms. The van der Waals surface area contributed by atoms with Gasteiger partial charge in [-0.25, -0.2) is 0 Å². The van der Waals surface area contributed by atoms with Crippen LogP contribution in [0.25, 0.3) is 0 Å². The van der Waals surface area contributed by atoms with Crippen LogP contribution < -0.4 is 5.32 Å². The van der Waals surface area contributed by atoms with E-state index in [0.717, 1.165) is 6.42 Å². The van der Waals surface area contributed by atoms with Crippen LogP contribution in [0, 0.1) is 0 Å². The average Bonchev–Trinajstić information content (AvgIpc) is 2.16. The Balaban J connectivity index is 2.46. The first-order chi connectivity index (χ1) is 6.22. The van der Waals surface area contributed by atoms with E-state index in [1.54, 1.807) is 7.05 Å². The minimum absolute atomic E-state index is 0.113. The largest absolute Gasteiger partial charge is 0.359 e. The van der Waals surface area contributed by atoms with Crippen molar-refractivity contribution in [1.29, 1.82) is 0 Å². The monoisotopic (exact) mass is 193 g/mol. The summed E-state index contributed by atoms with van der Waals surface area (Å²) in [5.41, 5.74) is 5.77. The van der Waals surface area contributed by atoms with Gasteiger partial charge in [-0.15, -0.1) is 0 Å². The van der Waals surface area contributed by atoms with Crippen molar-refractivity contribution < 1.29 is 4.79 Å². The molecule has 0 atom stereocenters. The fourth-order valence-corrected chi connectivity index (χ4v) is 2.20. The number of carbonyl (C=O) groups excluding carboxylic acids is 1. The van der Waals surface area contributed by atoms with Crippen LogP contribution in [0.1, 0.15) is 12.0 Å². The maximum absolute atomic E-state index is 11.0. The zero-order valence-corrected chi connectivity index (χ0v) is 9.13. The molecule has 0 saturated heterocycles. The van der Waals surface area contributed by atoms with Crippen molar-refractivity contribution in [2.75, 3.05) is 7.05 Å². The van der Waals surface area contributed by atoms with E-state index in [1.165, 1.54) is 5.56 Å². The Morgan fingerprint density at radius 3 is 2.62 bits per heavy atom. The van der Waals surface area contributed by atoms with Crippen molar-refractivity contribution in [2.24, 2.45) is 6.55 Å². The van der Waals surface area contributed by atoms with Crippen LogP contribution >= 0.6 is 0 Å². The fraction of sp³-hybridized carbons (Fsp3) is 0.400. The molecule has 0 unspecified atom stereocenters. The van der Waals surface area contributed by atoms with E-state index in [1.807, 2.05) is 0 Å². The van der Waals surface area contributed by atoms with Crippen molar-refractivity contribution in [3.8, 4) is 0 Å². The number of rotatable bonds is 3. The molecule has 2 nitrogen and oxygen atoms in total. The lowest BCUT2D eigenvalue weighted by Crippen LogP contribution is -2.17. The first-order valence-electron chi connectivity index (χ1n) is 4.48. The summed E-state index contributed by atoms with van der Waals surface area (Å²) < 4.78 is 0. The summed E-state index contributed by atoms with van der Waals surface area (Å²) in [5.74, 6) is 0.113. The minimum Gasteiger partial charge on any atom is -0.359 e. The van der Waals surface area contributed by atoms with E-state index in [0.29, 0.717) is 6.42 Å². The molecule has 0 fully saturated rings. The Morgan fingerprint density at radius 1 is 1.46 bits per heavy atom. The van der Waals surface area contributed by atoms with Crippen molar-refractivity contribution in [3.63, 3.8) is 0 Å². The quantitative estimate of drug-likeness (QED) is 0.711.